The largest absolute Gasteiger partial charge is 0.466 e. The third-order valence-electron chi connectivity index (χ3n) is 5.94. The summed E-state index contributed by atoms with van der Waals surface area (Å²) in [6, 6.07) is 30.4. The third kappa shape index (κ3) is 8.97. The SMILES string of the molecule is CCOC(=O)[C@@H](CC(C)C)C[C@@H](OCc1ccccc1)[C@@H](OCc1ccccc1)c1ccccc1. The van der Waals surface area contributed by atoms with Gasteiger partial charge >= 0.3 is 5.97 Å². The fourth-order valence-electron chi connectivity index (χ4n) is 4.28. The predicted molar refractivity (Wildman–Crippen MR) is 140 cm³/mol. The van der Waals surface area contributed by atoms with Gasteiger partial charge in [-0.2, -0.15) is 0 Å². The Balaban J connectivity index is 1.89. The van der Waals surface area contributed by atoms with Crippen LogP contribution in [-0.4, -0.2) is 18.7 Å². The summed E-state index contributed by atoms with van der Waals surface area (Å²) in [4.78, 5) is 12.9. The van der Waals surface area contributed by atoms with E-state index in [1.165, 1.54) is 0 Å². The fraction of sp³-hybridized carbons (Fsp3) is 0.387. The predicted octanol–water partition coefficient (Wildman–Crippen LogP) is 7.15. The molecule has 0 fully saturated rings. The molecule has 3 aromatic rings. The molecule has 0 aliphatic heterocycles. The highest BCUT2D eigenvalue weighted by molar-refractivity contribution is 5.72. The van der Waals surface area contributed by atoms with Crippen molar-refractivity contribution in [2.75, 3.05) is 6.61 Å². The molecule has 3 aromatic carbocycles. The number of benzene rings is 3. The topological polar surface area (TPSA) is 44.8 Å². The summed E-state index contributed by atoms with van der Waals surface area (Å²) in [6.45, 7) is 7.39. The summed E-state index contributed by atoms with van der Waals surface area (Å²) >= 11 is 0. The Kier molecular flexibility index (Phi) is 11.0. The van der Waals surface area contributed by atoms with E-state index in [9.17, 15) is 4.79 Å². The Bertz CT molecular complexity index is 973. The maximum Gasteiger partial charge on any atom is 0.309 e. The summed E-state index contributed by atoms with van der Waals surface area (Å²) < 4.78 is 18.5. The van der Waals surface area contributed by atoms with Crippen molar-refractivity contribution in [3.8, 4) is 0 Å². The number of carbonyl (C=O) groups excluding carboxylic acids is 1. The highest BCUT2D eigenvalue weighted by Gasteiger charge is 2.32. The van der Waals surface area contributed by atoms with Gasteiger partial charge < -0.3 is 14.2 Å². The van der Waals surface area contributed by atoms with Crippen molar-refractivity contribution in [3.05, 3.63) is 108 Å². The van der Waals surface area contributed by atoms with Gasteiger partial charge in [-0.1, -0.05) is 105 Å². The Hall–Kier alpha value is -2.95. The second-order valence-electron chi connectivity index (χ2n) is 9.28. The molecule has 0 saturated heterocycles. The third-order valence-corrected chi connectivity index (χ3v) is 5.94. The second kappa shape index (κ2) is 14.4. The first-order valence-corrected chi connectivity index (χ1v) is 12.6. The van der Waals surface area contributed by atoms with Gasteiger partial charge in [-0.05, 0) is 42.4 Å². The number of hydrogen-bond acceptors (Lipinski definition) is 4. The lowest BCUT2D eigenvalue weighted by molar-refractivity contribution is -0.153. The molecule has 0 radical (unpaired) electrons. The molecule has 0 aliphatic rings. The van der Waals surface area contributed by atoms with E-state index in [2.05, 4.69) is 50.2 Å². The lowest BCUT2D eigenvalue weighted by atomic mass is 9.88. The molecule has 4 nitrogen and oxygen atoms in total. The quantitative estimate of drug-likeness (QED) is 0.233. The van der Waals surface area contributed by atoms with Crippen LogP contribution in [0.2, 0.25) is 0 Å². The normalized spacial score (nSPS) is 13.8. The van der Waals surface area contributed by atoms with Crippen LogP contribution >= 0.6 is 0 Å². The van der Waals surface area contributed by atoms with Crippen LogP contribution in [0.15, 0.2) is 91.0 Å². The van der Waals surface area contributed by atoms with Crippen LogP contribution < -0.4 is 0 Å². The smallest absolute Gasteiger partial charge is 0.309 e. The minimum absolute atomic E-state index is 0.163. The van der Waals surface area contributed by atoms with Crippen LogP contribution in [0.4, 0.5) is 0 Å². The standard InChI is InChI=1S/C31H38O4/c1-4-33-31(32)28(20-24(2)3)21-29(34-22-25-14-8-5-9-15-25)30(27-18-12-7-13-19-27)35-23-26-16-10-6-11-17-26/h5-19,24,28-30H,4,20-23H2,1-3H3/t28-,29+,30-/m0/s1. The van der Waals surface area contributed by atoms with Crippen LogP contribution in [-0.2, 0) is 32.2 Å². The monoisotopic (exact) mass is 474 g/mol. The van der Waals surface area contributed by atoms with Gasteiger partial charge in [0.05, 0.1) is 31.8 Å². The van der Waals surface area contributed by atoms with Crippen molar-refractivity contribution in [1.29, 1.82) is 0 Å². The second-order valence-corrected chi connectivity index (χ2v) is 9.28. The number of rotatable bonds is 14. The van der Waals surface area contributed by atoms with Crippen LogP contribution in [0.25, 0.3) is 0 Å². The summed E-state index contributed by atoms with van der Waals surface area (Å²) in [6.07, 6.45) is 0.612. The lowest BCUT2D eigenvalue weighted by Crippen LogP contribution is -2.31. The van der Waals surface area contributed by atoms with Crippen molar-refractivity contribution in [2.24, 2.45) is 11.8 Å². The van der Waals surface area contributed by atoms with Gasteiger partial charge in [-0.15, -0.1) is 0 Å². The molecule has 3 rings (SSSR count). The highest BCUT2D eigenvalue weighted by Crippen LogP contribution is 2.32. The zero-order valence-electron chi connectivity index (χ0n) is 21.1. The van der Waals surface area contributed by atoms with Crippen molar-refractivity contribution < 1.29 is 19.0 Å². The average Bonchev–Trinajstić information content (AvgIpc) is 2.88. The number of hydrogen-bond donors (Lipinski definition) is 0. The van der Waals surface area contributed by atoms with Crippen molar-refractivity contribution in [1.82, 2.24) is 0 Å². The lowest BCUT2D eigenvalue weighted by Gasteiger charge is -2.31. The molecule has 0 saturated carbocycles. The maximum absolute atomic E-state index is 12.9. The minimum atomic E-state index is -0.329. The number of carbonyl (C=O) groups is 1. The molecule has 0 amide bonds. The molecular weight excluding hydrogens is 436 g/mol. The van der Waals surface area contributed by atoms with E-state index in [-0.39, 0.29) is 24.1 Å². The van der Waals surface area contributed by atoms with Gasteiger partial charge in [0.15, 0.2) is 0 Å². The molecule has 0 spiro atoms. The summed E-state index contributed by atoms with van der Waals surface area (Å²) in [5.41, 5.74) is 3.22. The van der Waals surface area contributed by atoms with Crippen molar-refractivity contribution in [2.45, 2.75) is 59.0 Å². The molecule has 4 heteroatoms. The summed E-state index contributed by atoms with van der Waals surface area (Å²) in [5, 5.41) is 0. The molecule has 0 aliphatic carbocycles. The first-order chi connectivity index (χ1) is 17.1. The van der Waals surface area contributed by atoms with E-state index in [4.69, 9.17) is 14.2 Å². The van der Waals surface area contributed by atoms with Crippen LogP contribution in [0.5, 0.6) is 0 Å². The Morgan fingerprint density at radius 3 is 1.74 bits per heavy atom. The molecule has 0 bridgehead atoms. The molecule has 0 unspecified atom stereocenters. The highest BCUT2D eigenvalue weighted by atomic mass is 16.5. The van der Waals surface area contributed by atoms with E-state index >= 15 is 0 Å². The maximum atomic E-state index is 12.9. The Morgan fingerprint density at radius 2 is 1.23 bits per heavy atom. The minimum Gasteiger partial charge on any atom is -0.466 e. The van der Waals surface area contributed by atoms with E-state index < -0.39 is 0 Å². The van der Waals surface area contributed by atoms with E-state index in [1.807, 2.05) is 61.5 Å². The fourth-order valence-corrected chi connectivity index (χ4v) is 4.28. The zero-order chi connectivity index (χ0) is 24.9. The molecule has 3 atom stereocenters. The van der Waals surface area contributed by atoms with E-state index in [0.29, 0.717) is 32.2 Å². The van der Waals surface area contributed by atoms with E-state index in [1.54, 1.807) is 0 Å². The molecule has 0 N–H and O–H groups in total. The van der Waals surface area contributed by atoms with Crippen molar-refractivity contribution >= 4 is 5.97 Å². The van der Waals surface area contributed by atoms with Gasteiger partial charge in [-0.25, -0.2) is 0 Å². The number of ether oxygens (including phenoxy) is 3. The molecule has 35 heavy (non-hydrogen) atoms. The molecular formula is C31H38O4. The van der Waals surface area contributed by atoms with Gasteiger partial charge in [0, 0.05) is 0 Å². The van der Waals surface area contributed by atoms with Gasteiger partial charge in [0.25, 0.3) is 0 Å². The number of esters is 1. The zero-order valence-corrected chi connectivity index (χ0v) is 21.1. The average molecular weight is 475 g/mol. The molecule has 0 heterocycles. The molecule has 0 aromatic heterocycles. The molecule has 186 valence electrons. The van der Waals surface area contributed by atoms with Gasteiger partial charge in [0.2, 0.25) is 0 Å². The van der Waals surface area contributed by atoms with Crippen molar-refractivity contribution in [3.63, 3.8) is 0 Å². The van der Waals surface area contributed by atoms with Gasteiger partial charge in [0.1, 0.15) is 6.10 Å². The van der Waals surface area contributed by atoms with E-state index in [0.717, 1.165) is 23.1 Å². The van der Waals surface area contributed by atoms with Crippen LogP contribution in [0.1, 0.15) is 56.4 Å². The Morgan fingerprint density at radius 1 is 0.714 bits per heavy atom. The Labute approximate surface area is 210 Å². The first kappa shape index (κ1) is 26.7. The van der Waals surface area contributed by atoms with Crippen LogP contribution in [0.3, 0.4) is 0 Å². The summed E-state index contributed by atoms with van der Waals surface area (Å²) in [5.74, 6) is -0.0637. The summed E-state index contributed by atoms with van der Waals surface area (Å²) in [7, 11) is 0. The van der Waals surface area contributed by atoms with Gasteiger partial charge in [-0.3, -0.25) is 4.79 Å². The van der Waals surface area contributed by atoms with Crippen LogP contribution in [0, 0.1) is 11.8 Å². The first-order valence-electron chi connectivity index (χ1n) is 12.6.